The number of aryl methyl sites for hydroxylation is 2. The maximum absolute atomic E-state index is 14.2. The molecule has 5 aromatic rings. The number of aromatic nitrogens is 1. The Morgan fingerprint density at radius 1 is 0.696 bits per heavy atom. The van der Waals surface area contributed by atoms with E-state index in [9.17, 15) is 14.4 Å². The van der Waals surface area contributed by atoms with Crippen molar-refractivity contribution in [3.63, 3.8) is 0 Å². The van der Waals surface area contributed by atoms with Gasteiger partial charge in [-0.3, -0.25) is 14.4 Å². The summed E-state index contributed by atoms with van der Waals surface area (Å²) in [6.45, 7) is 27.6. The smallest absolute Gasteiger partial charge is 0.311 e. The third-order valence-electron chi connectivity index (χ3n) is 13.5. The molecule has 0 saturated heterocycles. The molecule has 1 aliphatic heterocycles. The topological polar surface area (TPSA) is 116 Å². The monoisotopic (exact) mass is 941 g/mol. The molecule has 2 heterocycles. The molecule has 6 rings (SSSR count). The molecule has 1 aliphatic rings. The molecular formula is C60H80N2O7. The van der Waals surface area contributed by atoms with Gasteiger partial charge in [0, 0.05) is 22.7 Å². The largest absolute Gasteiger partial charge is 0.482 e. The molecule has 1 atom stereocenters. The van der Waals surface area contributed by atoms with E-state index in [1.165, 1.54) is 0 Å². The average molecular weight is 941 g/mol. The molecule has 1 unspecified atom stereocenters. The van der Waals surface area contributed by atoms with Crippen LogP contribution in [0.2, 0.25) is 0 Å². The molecule has 2 N–H and O–H groups in total. The number of hydrogen-bond donors (Lipinski definition) is 2. The van der Waals surface area contributed by atoms with Crippen LogP contribution < -0.4 is 19.5 Å². The lowest BCUT2D eigenvalue weighted by molar-refractivity contribution is -0.149. The highest BCUT2D eigenvalue weighted by atomic mass is 16.5. The molecular weight excluding hydrogens is 861 g/mol. The normalized spacial score (nSPS) is 14.3. The molecule has 0 amide bonds. The molecule has 0 fully saturated rings. The minimum atomic E-state index is -0.788. The zero-order chi connectivity index (χ0) is 50.2. The number of fused-ring (bicyclic) bond motifs is 4. The Kier molecular flexibility index (Phi) is 17.0. The molecule has 9 heteroatoms. The van der Waals surface area contributed by atoms with E-state index in [0.29, 0.717) is 17.9 Å². The van der Waals surface area contributed by atoms with Crippen molar-refractivity contribution >= 4 is 28.8 Å². The van der Waals surface area contributed by atoms with Gasteiger partial charge in [0.05, 0.1) is 24.8 Å². The lowest BCUT2D eigenvalue weighted by Crippen LogP contribution is -2.36. The molecule has 69 heavy (non-hydrogen) atoms. The predicted octanol–water partition coefficient (Wildman–Crippen LogP) is 14.3. The Bertz CT molecular complexity index is 2570. The molecule has 4 aromatic carbocycles. The fourth-order valence-corrected chi connectivity index (χ4v) is 11.7. The molecule has 0 aliphatic carbocycles. The van der Waals surface area contributed by atoms with Gasteiger partial charge in [0.15, 0.2) is 0 Å². The Morgan fingerprint density at radius 2 is 1.38 bits per heavy atom. The van der Waals surface area contributed by atoms with Gasteiger partial charge < -0.3 is 29.2 Å². The zero-order valence-electron chi connectivity index (χ0n) is 43.8. The third-order valence-corrected chi connectivity index (χ3v) is 13.5. The van der Waals surface area contributed by atoms with Gasteiger partial charge in [0.25, 0.3) is 0 Å². The van der Waals surface area contributed by atoms with Crippen LogP contribution in [0, 0.1) is 28.6 Å². The second-order valence-electron chi connectivity index (χ2n) is 23.1. The Hall–Kier alpha value is -5.41. The molecule has 0 spiro atoms. The summed E-state index contributed by atoms with van der Waals surface area (Å²) in [4.78, 5) is 45.4. The summed E-state index contributed by atoms with van der Waals surface area (Å²) < 4.78 is 25.2. The van der Waals surface area contributed by atoms with E-state index < -0.39 is 22.4 Å². The highest BCUT2D eigenvalue weighted by Gasteiger charge is 2.42. The van der Waals surface area contributed by atoms with Gasteiger partial charge in [0.2, 0.25) is 0 Å². The van der Waals surface area contributed by atoms with Crippen molar-refractivity contribution in [1.29, 1.82) is 0 Å². The van der Waals surface area contributed by atoms with Crippen molar-refractivity contribution in [3.05, 3.63) is 113 Å². The molecule has 1 aromatic heterocycles. The van der Waals surface area contributed by atoms with E-state index in [1.54, 1.807) is 0 Å². The number of benzene rings is 4. The summed E-state index contributed by atoms with van der Waals surface area (Å²) in [7, 11) is 0. The number of ether oxygens (including phenoxy) is 4. The molecule has 0 saturated carbocycles. The van der Waals surface area contributed by atoms with Crippen LogP contribution in [0.25, 0.3) is 22.0 Å². The van der Waals surface area contributed by atoms with Gasteiger partial charge in [-0.05, 0) is 141 Å². The predicted molar refractivity (Wildman–Crippen MR) is 279 cm³/mol. The first-order valence-corrected chi connectivity index (χ1v) is 25.4. The van der Waals surface area contributed by atoms with Gasteiger partial charge in [-0.2, -0.15) is 0 Å². The number of hydrogen-bond acceptors (Lipinski definition) is 8. The van der Waals surface area contributed by atoms with Crippen LogP contribution in [0.4, 0.5) is 0 Å². The number of carbonyl (C=O) groups is 3. The van der Waals surface area contributed by atoms with Gasteiger partial charge >= 0.3 is 17.9 Å². The Morgan fingerprint density at radius 3 is 2.10 bits per heavy atom. The van der Waals surface area contributed by atoms with Crippen molar-refractivity contribution in [3.8, 4) is 28.4 Å². The SMILES string of the molecule is CCCCCc1cc(OC(=O)CC(C)(C)CC(C)(C)CC(C)(C)CC(C)(CC(=O)OCc2ccccc2)CC(=O)Oc2cccc3[nH]cc(CCNCC)c23)c2c(c1)OC(C)(C)c1ccc(C)cc1-2. The summed E-state index contributed by atoms with van der Waals surface area (Å²) in [5, 5.41) is 4.28. The molecule has 0 bridgehead atoms. The number of H-pyrrole nitrogens is 1. The van der Waals surface area contributed by atoms with Crippen LogP contribution in [-0.4, -0.2) is 36.0 Å². The number of rotatable bonds is 24. The summed E-state index contributed by atoms with van der Waals surface area (Å²) in [6.07, 6.45) is 9.31. The first-order valence-electron chi connectivity index (χ1n) is 25.4. The summed E-state index contributed by atoms with van der Waals surface area (Å²) in [5.41, 5.74) is 5.76. The standard InChI is InChI=1S/C60H80N2O7/c1-13-15-17-23-43-31-49(55-45-30-41(3)26-27-46(45)59(10,11)69-50(55)32-43)68-52(64)33-56(4,5)38-57(6,7)39-58(8,9)40-60(12,34-51(63)66-37-42-21-18-16-19-22-42)35-53(65)67-48-25-20-24-47-54(48)44(36-62-47)28-29-61-14-2/h16,18-22,24-27,30-32,36,61-62H,13-15,17,23,28-29,33-35,37-40H2,1-12H3. The number of nitrogens with one attached hydrogen (secondary N) is 2. The van der Waals surface area contributed by atoms with Gasteiger partial charge in [0.1, 0.15) is 29.5 Å². The van der Waals surface area contributed by atoms with Crippen LogP contribution in [0.15, 0.2) is 85.1 Å². The minimum Gasteiger partial charge on any atom is -0.482 e. The van der Waals surface area contributed by atoms with E-state index in [2.05, 4.69) is 111 Å². The van der Waals surface area contributed by atoms with E-state index in [-0.39, 0.29) is 48.6 Å². The first-order chi connectivity index (χ1) is 32.5. The highest BCUT2D eigenvalue weighted by molar-refractivity contribution is 5.92. The van der Waals surface area contributed by atoms with Crippen molar-refractivity contribution in [2.75, 3.05) is 13.1 Å². The molecule has 9 nitrogen and oxygen atoms in total. The van der Waals surface area contributed by atoms with Crippen LogP contribution >= 0.6 is 0 Å². The number of esters is 3. The van der Waals surface area contributed by atoms with E-state index in [0.717, 1.165) is 114 Å². The van der Waals surface area contributed by atoms with Crippen LogP contribution in [-0.2, 0) is 44.2 Å². The molecule has 372 valence electrons. The van der Waals surface area contributed by atoms with Crippen molar-refractivity contribution in [2.45, 2.75) is 166 Å². The molecule has 0 radical (unpaired) electrons. The summed E-state index contributed by atoms with van der Waals surface area (Å²) in [6, 6.07) is 25.9. The van der Waals surface area contributed by atoms with Crippen LogP contribution in [0.3, 0.4) is 0 Å². The van der Waals surface area contributed by atoms with Crippen LogP contribution in [0.5, 0.6) is 17.2 Å². The van der Waals surface area contributed by atoms with E-state index >= 15 is 0 Å². The number of carbonyl (C=O) groups excluding carboxylic acids is 3. The first kappa shape index (κ1) is 53.0. The number of likely N-dealkylation sites (N-methyl/N-ethyl adjacent to an activating group) is 1. The summed E-state index contributed by atoms with van der Waals surface area (Å²) >= 11 is 0. The van der Waals surface area contributed by atoms with Crippen LogP contribution in [0.1, 0.15) is 162 Å². The summed E-state index contributed by atoms with van der Waals surface area (Å²) in [5.74, 6) is 0.793. The zero-order valence-corrected chi connectivity index (χ0v) is 43.8. The van der Waals surface area contributed by atoms with Gasteiger partial charge in [-0.1, -0.05) is 135 Å². The second-order valence-corrected chi connectivity index (χ2v) is 23.1. The van der Waals surface area contributed by atoms with Crippen molar-refractivity contribution in [1.82, 2.24) is 10.3 Å². The van der Waals surface area contributed by atoms with Crippen molar-refractivity contribution < 1.29 is 33.3 Å². The fourth-order valence-electron chi connectivity index (χ4n) is 11.7. The second kappa shape index (κ2) is 22.1. The Labute approximate surface area is 412 Å². The number of unbranched alkanes of at least 4 members (excludes halogenated alkanes) is 2. The highest BCUT2D eigenvalue weighted by Crippen LogP contribution is 2.52. The number of aromatic amines is 1. The minimum absolute atomic E-state index is 0.0260. The van der Waals surface area contributed by atoms with E-state index in [1.807, 2.05) is 67.7 Å². The lowest BCUT2D eigenvalue weighted by Gasteiger charge is -2.43. The quantitative estimate of drug-likeness (QED) is 0.0357. The van der Waals surface area contributed by atoms with Gasteiger partial charge in [-0.25, -0.2) is 0 Å². The van der Waals surface area contributed by atoms with E-state index in [4.69, 9.17) is 18.9 Å². The average Bonchev–Trinajstić information content (AvgIpc) is 3.65. The maximum atomic E-state index is 14.2. The Balaban J connectivity index is 1.18. The fraction of sp³-hybridized carbons (Fsp3) is 0.517. The maximum Gasteiger partial charge on any atom is 0.311 e. The lowest BCUT2D eigenvalue weighted by atomic mass is 9.62. The van der Waals surface area contributed by atoms with Crippen molar-refractivity contribution in [2.24, 2.45) is 21.7 Å². The third kappa shape index (κ3) is 14.6. The van der Waals surface area contributed by atoms with Gasteiger partial charge in [-0.15, -0.1) is 0 Å².